The molecular formula is C16H16N2O3S2. The summed E-state index contributed by atoms with van der Waals surface area (Å²) in [6, 6.07) is 7.47. The number of thiophene rings is 1. The van der Waals surface area contributed by atoms with Crippen LogP contribution in [-0.4, -0.2) is 24.7 Å². The fourth-order valence-corrected chi connectivity index (χ4v) is 4.04. The number of hydrogen-bond donors (Lipinski definition) is 0. The first-order chi connectivity index (χ1) is 11.2. The molecule has 1 aromatic carbocycles. The Bertz CT molecular complexity index is 907. The molecule has 0 aliphatic carbocycles. The summed E-state index contributed by atoms with van der Waals surface area (Å²) in [7, 11) is 3.22. The van der Waals surface area contributed by atoms with Crippen LogP contribution >= 0.6 is 22.7 Å². The van der Waals surface area contributed by atoms with Crippen molar-refractivity contribution < 1.29 is 14.3 Å². The van der Waals surface area contributed by atoms with Crippen LogP contribution in [0.4, 0.5) is 0 Å². The van der Waals surface area contributed by atoms with Crippen LogP contribution in [0.1, 0.15) is 16.6 Å². The van der Waals surface area contributed by atoms with Crippen LogP contribution in [0.15, 0.2) is 34.6 Å². The standard InChI is InChI=1S/C16H16N2O3S2/c1-4-18-10-8-11(20-2)12(21-3)9-14(10)23-16(18)17-15(19)13-6-5-7-22-13/h5-9H,4H2,1-3H3. The number of carbonyl (C=O) groups excluding carboxylic acids is 1. The van der Waals surface area contributed by atoms with Crippen molar-refractivity contribution in [1.82, 2.24) is 4.57 Å². The first kappa shape index (κ1) is 15.8. The van der Waals surface area contributed by atoms with Crippen LogP contribution in [0, 0.1) is 0 Å². The minimum absolute atomic E-state index is 0.215. The van der Waals surface area contributed by atoms with Gasteiger partial charge in [-0.2, -0.15) is 4.99 Å². The van der Waals surface area contributed by atoms with E-state index >= 15 is 0 Å². The zero-order valence-corrected chi connectivity index (χ0v) is 14.7. The molecule has 0 saturated heterocycles. The van der Waals surface area contributed by atoms with Gasteiger partial charge in [0.15, 0.2) is 16.3 Å². The van der Waals surface area contributed by atoms with E-state index in [4.69, 9.17) is 9.47 Å². The number of aromatic nitrogens is 1. The lowest BCUT2D eigenvalue weighted by atomic mass is 10.3. The summed E-state index contributed by atoms with van der Waals surface area (Å²) < 4.78 is 13.7. The van der Waals surface area contributed by atoms with Gasteiger partial charge in [-0.1, -0.05) is 17.4 Å². The van der Waals surface area contributed by atoms with Gasteiger partial charge in [-0.05, 0) is 18.4 Å². The van der Waals surface area contributed by atoms with Crippen LogP contribution in [0.5, 0.6) is 11.5 Å². The molecule has 2 aromatic heterocycles. The van der Waals surface area contributed by atoms with Crippen LogP contribution < -0.4 is 14.3 Å². The minimum Gasteiger partial charge on any atom is -0.493 e. The number of nitrogens with zero attached hydrogens (tertiary/aromatic N) is 2. The van der Waals surface area contributed by atoms with Crippen molar-refractivity contribution in [2.24, 2.45) is 4.99 Å². The van der Waals surface area contributed by atoms with E-state index in [1.54, 1.807) is 20.3 Å². The highest BCUT2D eigenvalue weighted by molar-refractivity contribution is 7.16. The van der Waals surface area contributed by atoms with Gasteiger partial charge < -0.3 is 14.0 Å². The normalized spacial score (nSPS) is 11.9. The average molecular weight is 348 g/mol. The third-order valence-electron chi connectivity index (χ3n) is 3.43. The van der Waals surface area contributed by atoms with Gasteiger partial charge in [0.2, 0.25) is 0 Å². The first-order valence-corrected chi connectivity index (χ1v) is 8.75. The molecule has 120 valence electrons. The van der Waals surface area contributed by atoms with Gasteiger partial charge in [0.1, 0.15) is 0 Å². The second-order valence-electron chi connectivity index (χ2n) is 4.70. The number of benzene rings is 1. The van der Waals surface area contributed by atoms with E-state index in [0.717, 1.165) is 10.2 Å². The molecule has 0 unspecified atom stereocenters. The lowest BCUT2D eigenvalue weighted by molar-refractivity contribution is 0.100. The molecule has 0 radical (unpaired) electrons. The Morgan fingerprint density at radius 1 is 1.26 bits per heavy atom. The van der Waals surface area contributed by atoms with Crippen molar-refractivity contribution >= 4 is 38.8 Å². The summed E-state index contributed by atoms with van der Waals surface area (Å²) in [6.07, 6.45) is 0. The average Bonchev–Trinajstić information content (AvgIpc) is 3.20. The molecule has 0 spiro atoms. The molecule has 7 heteroatoms. The monoisotopic (exact) mass is 348 g/mol. The predicted octanol–water partition coefficient (Wildman–Crippen LogP) is 3.54. The van der Waals surface area contributed by atoms with Crippen molar-refractivity contribution in [2.45, 2.75) is 13.5 Å². The van der Waals surface area contributed by atoms with E-state index in [0.29, 0.717) is 27.7 Å². The largest absolute Gasteiger partial charge is 0.493 e. The van der Waals surface area contributed by atoms with Gasteiger partial charge in [0, 0.05) is 18.7 Å². The van der Waals surface area contributed by atoms with Gasteiger partial charge >= 0.3 is 0 Å². The number of carbonyl (C=O) groups is 1. The quantitative estimate of drug-likeness (QED) is 0.725. The molecule has 0 N–H and O–H groups in total. The minimum atomic E-state index is -0.215. The lowest BCUT2D eigenvalue weighted by Crippen LogP contribution is -2.15. The number of amides is 1. The summed E-state index contributed by atoms with van der Waals surface area (Å²) in [5, 5.41) is 1.87. The summed E-state index contributed by atoms with van der Waals surface area (Å²) in [4.78, 5) is 17.9. The number of hydrogen-bond acceptors (Lipinski definition) is 5. The van der Waals surface area contributed by atoms with Gasteiger partial charge in [0.25, 0.3) is 5.91 Å². The molecule has 0 bridgehead atoms. The number of methoxy groups -OCH3 is 2. The molecule has 0 saturated carbocycles. The molecular weight excluding hydrogens is 332 g/mol. The van der Waals surface area contributed by atoms with Crippen molar-refractivity contribution in [3.05, 3.63) is 39.3 Å². The molecule has 0 aliphatic rings. The van der Waals surface area contributed by atoms with Gasteiger partial charge in [-0.3, -0.25) is 4.79 Å². The number of aryl methyl sites for hydroxylation is 1. The molecule has 5 nitrogen and oxygen atoms in total. The van der Waals surface area contributed by atoms with E-state index in [9.17, 15) is 4.79 Å². The first-order valence-electron chi connectivity index (χ1n) is 7.05. The third kappa shape index (κ3) is 2.89. The van der Waals surface area contributed by atoms with Crippen LogP contribution in [0.25, 0.3) is 10.2 Å². The number of thiazole rings is 1. The maximum atomic E-state index is 12.3. The Morgan fingerprint density at radius 2 is 2.00 bits per heavy atom. The molecule has 0 fully saturated rings. The van der Waals surface area contributed by atoms with Gasteiger partial charge in [-0.25, -0.2) is 0 Å². The molecule has 0 aliphatic heterocycles. The van der Waals surface area contributed by atoms with Crippen molar-refractivity contribution in [3.63, 3.8) is 0 Å². The molecule has 3 rings (SSSR count). The molecule has 0 atom stereocenters. The zero-order chi connectivity index (χ0) is 16.4. The van der Waals surface area contributed by atoms with E-state index in [1.807, 2.05) is 35.1 Å². The Balaban J connectivity index is 2.19. The van der Waals surface area contributed by atoms with E-state index < -0.39 is 0 Å². The summed E-state index contributed by atoms with van der Waals surface area (Å²) in [5.74, 6) is 1.12. The lowest BCUT2D eigenvalue weighted by Gasteiger charge is -2.08. The Kier molecular flexibility index (Phi) is 4.49. The van der Waals surface area contributed by atoms with E-state index in [1.165, 1.54) is 22.7 Å². The molecule has 1 amide bonds. The maximum Gasteiger partial charge on any atom is 0.289 e. The summed E-state index contributed by atoms with van der Waals surface area (Å²) >= 11 is 2.86. The second-order valence-corrected chi connectivity index (χ2v) is 6.65. The smallest absolute Gasteiger partial charge is 0.289 e. The summed E-state index contributed by atoms with van der Waals surface area (Å²) in [5.41, 5.74) is 0.980. The highest BCUT2D eigenvalue weighted by Gasteiger charge is 2.13. The van der Waals surface area contributed by atoms with Gasteiger partial charge in [0.05, 0.1) is 29.3 Å². The maximum absolute atomic E-state index is 12.3. The van der Waals surface area contributed by atoms with Crippen LogP contribution in [0.2, 0.25) is 0 Å². The SMILES string of the molecule is CCn1c(=NC(=O)c2cccs2)sc2cc(OC)c(OC)cc21. The topological polar surface area (TPSA) is 52.8 Å². The number of fused-ring (bicyclic) bond motifs is 1. The highest BCUT2D eigenvalue weighted by atomic mass is 32.1. The number of ether oxygens (including phenoxy) is 2. The van der Waals surface area contributed by atoms with Crippen molar-refractivity contribution in [3.8, 4) is 11.5 Å². The molecule has 3 aromatic rings. The Hall–Kier alpha value is -2.12. The zero-order valence-electron chi connectivity index (χ0n) is 13.0. The summed E-state index contributed by atoms with van der Waals surface area (Å²) in [6.45, 7) is 2.74. The van der Waals surface area contributed by atoms with Crippen molar-refractivity contribution in [1.29, 1.82) is 0 Å². The predicted molar refractivity (Wildman–Crippen MR) is 92.8 cm³/mol. The fourth-order valence-electron chi connectivity index (χ4n) is 2.33. The molecule has 2 heterocycles. The van der Waals surface area contributed by atoms with Crippen molar-refractivity contribution in [2.75, 3.05) is 14.2 Å². The second kappa shape index (κ2) is 6.55. The molecule has 23 heavy (non-hydrogen) atoms. The Morgan fingerprint density at radius 3 is 2.61 bits per heavy atom. The van der Waals surface area contributed by atoms with Crippen LogP contribution in [-0.2, 0) is 6.54 Å². The third-order valence-corrected chi connectivity index (χ3v) is 5.33. The fraction of sp³-hybridized carbons (Fsp3) is 0.250. The van der Waals surface area contributed by atoms with E-state index in [-0.39, 0.29) is 5.91 Å². The van der Waals surface area contributed by atoms with Gasteiger partial charge in [-0.15, -0.1) is 11.3 Å². The highest BCUT2D eigenvalue weighted by Crippen LogP contribution is 2.33. The van der Waals surface area contributed by atoms with E-state index in [2.05, 4.69) is 4.99 Å². The number of rotatable bonds is 4. The van der Waals surface area contributed by atoms with Crippen LogP contribution in [0.3, 0.4) is 0 Å². The Labute approximate surface area is 141 Å².